The zero-order valence-corrected chi connectivity index (χ0v) is 12.9. The van der Waals surface area contributed by atoms with Crippen molar-refractivity contribution in [2.24, 2.45) is 5.92 Å². The molecule has 22 heavy (non-hydrogen) atoms. The number of benzene rings is 1. The van der Waals surface area contributed by atoms with E-state index in [2.05, 4.69) is 15.5 Å². The Morgan fingerprint density at radius 3 is 2.86 bits per heavy atom. The molecule has 2 saturated heterocycles. The molecule has 120 valence electrons. The lowest BCUT2D eigenvalue weighted by molar-refractivity contribution is -0.126. The van der Waals surface area contributed by atoms with Crippen LogP contribution in [0.15, 0.2) is 24.3 Å². The van der Waals surface area contributed by atoms with Crippen molar-refractivity contribution in [3.8, 4) is 0 Å². The first-order valence-electron chi connectivity index (χ1n) is 8.24. The molecule has 4 nitrogen and oxygen atoms in total. The average Bonchev–Trinajstić information content (AvgIpc) is 2.56. The predicted octanol–water partition coefficient (Wildman–Crippen LogP) is 1.91. The Morgan fingerprint density at radius 2 is 2.09 bits per heavy atom. The van der Waals surface area contributed by atoms with Crippen LogP contribution in [0.3, 0.4) is 0 Å². The molecule has 5 heteroatoms. The van der Waals surface area contributed by atoms with Crippen LogP contribution < -0.4 is 15.5 Å². The van der Waals surface area contributed by atoms with E-state index in [4.69, 9.17) is 0 Å². The fourth-order valence-corrected chi connectivity index (χ4v) is 3.41. The molecule has 2 fully saturated rings. The second kappa shape index (κ2) is 7.09. The first kappa shape index (κ1) is 15.3. The predicted molar refractivity (Wildman–Crippen MR) is 85.4 cm³/mol. The van der Waals surface area contributed by atoms with Gasteiger partial charge in [0.05, 0.1) is 0 Å². The van der Waals surface area contributed by atoms with E-state index in [1.807, 2.05) is 6.07 Å². The highest BCUT2D eigenvalue weighted by molar-refractivity contribution is 5.79. The van der Waals surface area contributed by atoms with Crippen LogP contribution >= 0.6 is 0 Å². The molecule has 3 rings (SSSR count). The minimum absolute atomic E-state index is 0.144. The smallest absolute Gasteiger partial charge is 0.223 e. The summed E-state index contributed by atoms with van der Waals surface area (Å²) in [5.74, 6) is 0.122. The van der Waals surface area contributed by atoms with Gasteiger partial charge >= 0.3 is 0 Å². The number of nitrogens with one attached hydrogen (secondary N) is 2. The molecule has 0 bridgehead atoms. The molecule has 0 aliphatic carbocycles. The quantitative estimate of drug-likeness (QED) is 0.896. The van der Waals surface area contributed by atoms with Gasteiger partial charge in [0.25, 0.3) is 0 Å². The number of piperidine rings is 2. The summed E-state index contributed by atoms with van der Waals surface area (Å²) in [6, 6.07) is 6.86. The summed E-state index contributed by atoms with van der Waals surface area (Å²) in [7, 11) is 0. The lowest BCUT2D eigenvalue weighted by atomic mass is 9.96. The molecule has 1 amide bonds. The van der Waals surface area contributed by atoms with Crippen LogP contribution in [0.4, 0.5) is 10.1 Å². The minimum atomic E-state index is -0.210. The van der Waals surface area contributed by atoms with E-state index in [-0.39, 0.29) is 23.7 Å². The van der Waals surface area contributed by atoms with Crippen molar-refractivity contribution >= 4 is 11.6 Å². The first-order chi connectivity index (χ1) is 10.7. The third-order valence-electron chi connectivity index (χ3n) is 4.65. The Kier molecular flexibility index (Phi) is 4.93. The molecule has 0 spiro atoms. The van der Waals surface area contributed by atoms with Gasteiger partial charge in [0.1, 0.15) is 5.82 Å². The molecule has 1 atom stereocenters. The lowest BCUT2D eigenvalue weighted by Crippen LogP contribution is -2.50. The van der Waals surface area contributed by atoms with Crippen LogP contribution in [0.25, 0.3) is 0 Å². The van der Waals surface area contributed by atoms with E-state index in [0.29, 0.717) is 0 Å². The minimum Gasteiger partial charge on any atom is -0.369 e. The van der Waals surface area contributed by atoms with Gasteiger partial charge in [-0.15, -0.1) is 0 Å². The van der Waals surface area contributed by atoms with Gasteiger partial charge in [-0.3, -0.25) is 4.79 Å². The van der Waals surface area contributed by atoms with E-state index in [0.717, 1.165) is 57.5 Å². The summed E-state index contributed by atoms with van der Waals surface area (Å²) in [5.41, 5.74) is 0.904. The summed E-state index contributed by atoms with van der Waals surface area (Å²) in [4.78, 5) is 14.5. The van der Waals surface area contributed by atoms with Crippen LogP contribution in [0.1, 0.15) is 25.7 Å². The van der Waals surface area contributed by atoms with Gasteiger partial charge in [0.15, 0.2) is 0 Å². The van der Waals surface area contributed by atoms with Crippen LogP contribution in [0, 0.1) is 11.7 Å². The molecule has 2 N–H and O–H groups in total. The van der Waals surface area contributed by atoms with Crippen molar-refractivity contribution in [1.29, 1.82) is 0 Å². The Labute approximate surface area is 131 Å². The average molecular weight is 305 g/mol. The van der Waals surface area contributed by atoms with Gasteiger partial charge in [-0.1, -0.05) is 6.07 Å². The summed E-state index contributed by atoms with van der Waals surface area (Å²) in [5, 5.41) is 6.48. The molecule has 1 unspecified atom stereocenters. The van der Waals surface area contributed by atoms with Crippen molar-refractivity contribution in [3.63, 3.8) is 0 Å². The summed E-state index contributed by atoms with van der Waals surface area (Å²) in [6.45, 7) is 3.54. The molecular weight excluding hydrogens is 281 g/mol. The zero-order valence-electron chi connectivity index (χ0n) is 12.9. The molecular formula is C17H24FN3O. The Balaban J connectivity index is 1.57. The van der Waals surface area contributed by atoms with Crippen LogP contribution in [-0.2, 0) is 4.79 Å². The summed E-state index contributed by atoms with van der Waals surface area (Å²) >= 11 is 0. The molecule has 1 aromatic rings. The van der Waals surface area contributed by atoms with Crippen molar-refractivity contribution in [1.82, 2.24) is 10.6 Å². The SMILES string of the molecule is O=C(NC1CCCN(c2cccc(F)c2)C1)C1CCNCC1. The molecule has 2 heterocycles. The fraction of sp³-hybridized carbons (Fsp3) is 0.588. The summed E-state index contributed by atoms with van der Waals surface area (Å²) in [6.07, 6.45) is 3.87. The number of hydrogen-bond acceptors (Lipinski definition) is 3. The molecule has 0 radical (unpaired) electrons. The normalized spacial score (nSPS) is 23.3. The van der Waals surface area contributed by atoms with Crippen molar-refractivity contribution in [2.75, 3.05) is 31.1 Å². The van der Waals surface area contributed by atoms with Crippen molar-refractivity contribution in [2.45, 2.75) is 31.7 Å². The van der Waals surface area contributed by atoms with E-state index in [1.165, 1.54) is 6.07 Å². The van der Waals surface area contributed by atoms with E-state index in [1.54, 1.807) is 12.1 Å². The molecule has 0 aromatic heterocycles. The van der Waals surface area contributed by atoms with E-state index >= 15 is 0 Å². The molecule has 0 saturated carbocycles. The van der Waals surface area contributed by atoms with Gasteiger partial charge < -0.3 is 15.5 Å². The maximum Gasteiger partial charge on any atom is 0.223 e. The first-order valence-corrected chi connectivity index (χ1v) is 8.24. The molecule has 1 aromatic carbocycles. The van der Waals surface area contributed by atoms with E-state index in [9.17, 15) is 9.18 Å². The van der Waals surface area contributed by atoms with Gasteiger partial charge in [0, 0.05) is 30.7 Å². The highest BCUT2D eigenvalue weighted by atomic mass is 19.1. The van der Waals surface area contributed by atoms with Gasteiger partial charge in [-0.25, -0.2) is 4.39 Å². The largest absolute Gasteiger partial charge is 0.369 e. The molecule has 2 aliphatic rings. The monoisotopic (exact) mass is 305 g/mol. The topological polar surface area (TPSA) is 44.4 Å². The van der Waals surface area contributed by atoms with E-state index < -0.39 is 0 Å². The zero-order chi connectivity index (χ0) is 15.4. The number of carbonyl (C=O) groups is 1. The van der Waals surface area contributed by atoms with Crippen molar-refractivity contribution in [3.05, 3.63) is 30.1 Å². The van der Waals surface area contributed by atoms with Crippen LogP contribution in [0.2, 0.25) is 0 Å². The maximum absolute atomic E-state index is 13.4. The lowest BCUT2D eigenvalue weighted by Gasteiger charge is -2.35. The van der Waals surface area contributed by atoms with Crippen molar-refractivity contribution < 1.29 is 9.18 Å². The Hall–Kier alpha value is -1.62. The second-order valence-electron chi connectivity index (χ2n) is 6.30. The standard InChI is InChI=1S/C17H24FN3O/c18-14-3-1-5-16(11-14)21-10-2-4-15(12-21)20-17(22)13-6-8-19-9-7-13/h1,3,5,11,13,15,19H,2,4,6-10,12H2,(H,20,22). The third kappa shape index (κ3) is 3.77. The van der Waals surface area contributed by atoms with Gasteiger partial charge in [-0.2, -0.15) is 0 Å². The Morgan fingerprint density at radius 1 is 1.27 bits per heavy atom. The number of amides is 1. The maximum atomic E-state index is 13.4. The number of rotatable bonds is 3. The highest BCUT2D eigenvalue weighted by Crippen LogP contribution is 2.21. The number of carbonyl (C=O) groups excluding carboxylic acids is 1. The number of halogens is 1. The molecule has 2 aliphatic heterocycles. The van der Waals surface area contributed by atoms with Crippen LogP contribution in [0.5, 0.6) is 0 Å². The third-order valence-corrected chi connectivity index (χ3v) is 4.65. The summed E-state index contributed by atoms with van der Waals surface area (Å²) < 4.78 is 13.4. The highest BCUT2D eigenvalue weighted by Gasteiger charge is 2.26. The van der Waals surface area contributed by atoms with Gasteiger partial charge in [-0.05, 0) is 57.0 Å². The van der Waals surface area contributed by atoms with Gasteiger partial charge in [0.2, 0.25) is 5.91 Å². The fourth-order valence-electron chi connectivity index (χ4n) is 3.41. The number of anilines is 1. The van der Waals surface area contributed by atoms with Crippen LogP contribution in [-0.4, -0.2) is 38.1 Å². The number of nitrogens with zero attached hydrogens (tertiary/aromatic N) is 1. The number of hydrogen-bond donors (Lipinski definition) is 2. The second-order valence-corrected chi connectivity index (χ2v) is 6.30. The Bertz CT molecular complexity index is 516.